The minimum Gasteiger partial charge on any atom is -0.458 e. The lowest BCUT2D eigenvalue weighted by Crippen LogP contribution is -2.70. The molecule has 52 heavy (non-hydrogen) atoms. The zero-order valence-electron chi connectivity index (χ0n) is 29.1. The van der Waals surface area contributed by atoms with Crippen LogP contribution in [0.15, 0.2) is 54.6 Å². The highest BCUT2D eigenvalue weighted by atomic mass is 16.8. The molecular weight excluding hydrogens is 666 g/mol. The van der Waals surface area contributed by atoms with Crippen molar-refractivity contribution in [3.63, 3.8) is 0 Å². The Labute approximate surface area is 302 Å². The number of carbonyl (C=O) groups is 3. The number of amides is 2. The molecule has 1 spiro atoms. The van der Waals surface area contributed by atoms with Gasteiger partial charge in [-0.2, -0.15) is 5.06 Å². The van der Waals surface area contributed by atoms with Crippen LogP contribution in [0, 0.1) is 11.3 Å². The number of hydroxylamine groups is 2. The first-order valence-electron chi connectivity index (χ1n) is 19.0. The fourth-order valence-electron chi connectivity index (χ4n) is 10.4. The monoisotopic (exact) mass is 711 g/mol. The molecule has 7 fully saturated rings. The van der Waals surface area contributed by atoms with Crippen molar-refractivity contribution in [2.24, 2.45) is 11.3 Å². The Balaban J connectivity index is 0.974. The topological polar surface area (TPSA) is 139 Å². The molecule has 5 heterocycles. The second kappa shape index (κ2) is 12.5. The number of ether oxygens (including phenoxy) is 4. The first-order chi connectivity index (χ1) is 25.3. The third-order valence-electron chi connectivity index (χ3n) is 12.8. The van der Waals surface area contributed by atoms with E-state index in [1.807, 2.05) is 24.3 Å². The average Bonchev–Trinajstić information content (AvgIpc) is 3.48. The van der Waals surface area contributed by atoms with E-state index in [0.717, 1.165) is 41.5 Å². The van der Waals surface area contributed by atoms with E-state index in [1.54, 1.807) is 9.96 Å². The Morgan fingerprint density at radius 3 is 2.62 bits per heavy atom. The van der Waals surface area contributed by atoms with Crippen molar-refractivity contribution >= 4 is 23.9 Å². The lowest BCUT2D eigenvalue weighted by atomic mass is 9.62. The van der Waals surface area contributed by atoms with Crippen LogP contribution < -0.4 is 5.32 Å². The lowest BCUT2D eigenvalue weighted by molar-refractivity contribution is -0.218. The molecule has 12 nitrogen and oxygen atoms in total. The summed E-state index contributed by atoms with van der Waals surface area (Å²) in [6, 6.07) is 14.6. The predicted molar refractivity (Wildman–Crippen MR) is 184 cm³/mol. The van der Waals surface area contributed by atoms with Crippen LogP contribution in [0.4, 0.5) is 0 Å². The van der Waals surface area contributed by atoms with Crippen molar-refractivity contribution in [3.05, 3.63) is 76.9 Å². The van der Waals surface area contributed by atoms with Gasteiger partial charge < -0.3 is 34.3 Å². The number of epoxide rings is 1. The number of nitrogens with zero attached hydrogens (tertiary/aromatic N) is 2. The number of nitrogens with one attached hydrogen (secondary N) is 1. The third kappa shape index (κ3) is 5.28. The number of fused-ring (bicyclic) bond motifs is 6. The van der Waals surface area contributed by atoms with Crippen LogP contribution >= 0.6 is 0 Å². The molecule has 274 valence electrons. The van der Waals surface area contributed by atoms with E-state index in [9.17, 15) is 14.7 Å². The van der Waals surface area contributed by atoms with Crippen molar-refractivity contribution in [1.29, 1.82) is 0 Å². The molecule has 2 bridgehead atoms. The summed E-state index contributed by atoms with van der Waals surface area (Å²) in [4.78, 5) is 51.2. The fourth-order valence-corrected chi connectivity index (χ4v) is 10.4. The molecule has 12 heteroatoms. The van der Waals surface area contributed by atoms with Crippen molar-refractivity contribution in [2.75, 3.05) is 19.7 Å². The van der Waals surface area contributed by atoms with Crippen LogP contribution in [0.2, 0.25) is 0 Å². The summed E-state index contributed by atoms with van der Waals surface area (Å²) < 4.78 is 25.6. The molecule has 3 aliphatic carbocycles. The van der Waals surface area contributed by atoms with E-state index >= 15 is 4.79 Å². The molecule has 2 saturated carbocycles. The summed E-state index contributed by atoms with van der Waals surface area (Å²) in [6.07, 6.45) is 8.21. The number of esters is 1. The quantitative estimate of drug-likeness (QED) is 0.310. The van der Waals surface area contributed by atoms with Crippen molar-refractivity contribution in [3.8, 4) is 0 Å². The van der Waals surface area contributed by atoms with E-state index in [2.05, 4.69) is 41.7 Å². The summed E-state index contributed by atoms with van der Waals surface area (Å²) in [6.45, 7) is 0.525. The second-order valence-corrected chi connectivity index (χ2v) is 16.0. The summed E-state index contributed by atoms with van der Waals surface area (Å²) in [5.74, 6) is -1.59. The molecule has 5 aliphatic heterocycles. The van der Waals surface area contributed by atoms with Gasteiger partial charge in [0.25, 0.3) is 0 Å². The molecule has 2 N–H and O–H groups in total. The Kier molecular flexibility index (Phi) is 7.90. The summed E-state index contributed by atoms with van der Waals surface area (Å²) >= 11 is 0. The molecule has 8 aliphatic rings. The number of aliphatic hydroxyl groups excluding tert-OH is 1. The van der Waals surface area contributed by atoms with Gasteiger partial charge in [0.05, 0.1) is 25.4 Å². The highest BCUT2D eigenvalue weighted by Gasteiger charge is 2.77. The predicted octanol–water partition coefficient (Wildman–Crippen LogP) is 2.45. The smallest absolute Gasteiger partial charge is 0.327 e. The number of carbonyl (C=O) groups excluding carboxylic acids is 3. The van der Waals surface area contributed by atoms with Gasteiger partial charge in [-0.15, -0.1) is 0 Å². The molecule has 2 aromatic rings. The largest absolute Gasteiger partial charge is 0.458 e. The first-order valence-corrected chi connectivity index (χ1v) is 19.0. The molecule has 0 radical (unpaired) electrons. The molecule has 10 atom stereocenters. The van der Waals surface area contributed by atoms with Gasteiger partial charge in [-0.25, -0.2) is 0 Å². The average molecular weight is 712 g/mol. The van der Waals surface area contributed by atoms with Gasteiger partial charge in [-0.05, 0) is 60.3 Å². The molecule has 10 rings (SSSR count). The summed E-state index contributed by atoms with van der Waals surface area (Å²) in [5.41, 5.74) is 2.92. The van der Waals surface area contributed by atoms with Crippen LogP contribution in [-0.4, -0.2) is 107 Å². The fraction of sp³-hybridized carbons (Fsp3) is 0.575. The van der Waals surface area contributed by atoms with Crippen molar-refractivity contribution in [1.82, 2.24) is 15.3 Å². The van der Waals surface area contributed by atoms with E-state index < -0.39 is 53.7 Å². The first kappa shape index (κ1) is 33.0. The van der Waals surface area contributed by atoms with Crippen molar-refractivity contribution in [2.45, 2.75) is 112 Å². The Morgan fingerprint density at radius 2 is 1.81 bits per heavy atom. The summed E-state index contributed by atoms with van der Waals surface area (Å²) in [5, 5.41) is 13.7. The zero-order chi connectivity index (χ0) is 35.2. The molecule has 0 aromatic heterocycles. The molecule has 5 saturated heterocycles. The van der Waals surface area contributed by atoms with Crippen LogP contribution in [0.1, 0.15) is 60.8 Å². The van der Waals surface area contributed by atoms with Gasteiger partial charge in [0, 0.05) is 32.4 Å². The van der Waals surface area contributed by atoms with E-state index in [-0.39, 0.29) is 37.9 Å². The Morgan fingerprint density at radius 1 is 0.981 bits per heavy atom. The normalized spacial score (nSPS) is 37.9. The minimum atomic E-state index is -1.36. The highest BCUT2D eigenvalue weighted by Crippen LogP contribution is 2.59. The number of allylic oxidation sites excluding steroid dienone is 1. The van der Waals surface area contributed by atoms with Crippen molar-refractivity contribution < 1.29 is 43.3 Å². The second-order valence-electron chi connectivity index (χ2n) is 16.0. The SMILES string of the molecule is O=C(NCCO)[C@H]1CCCN1C(=O)[C@@]12C[C@H]3OC(=O)[C@@H]1N(Cc1cccc(C=CC4CCC5OC5C4)c1)O[C@@H]2[C@H]1OC2(Cc4ccccc4C2)O[C@H]13. The lowest BCUT2D eigenvalue weighted by Gasteiger charge is -2.50. The number of likely N-dealkylation sites (tertiary alicyclic amines) is 1. The van der Waals surface area contributed by atoms with Crippen LogP contribution in [-0.2, 0) is 57.6 Å². The maximum Gasteiger partial charge on any atom is 0.327 e. The molecular formula is C40H45N3O9. The zero-order valence-corrected chi connectivity index (χ0v) is 29.1. The van der Waals surface area contributed by atoms with E-state index in [4.69, 9.17) is 23.8 Å². The molecule has 2 amide bonds. The van der Waals surface area contributed by atoms with Gasteiger partial charge in [-0.3, -0.25) is 19.2 Å². The van der Waals surface area contributed by atoms with Crippen LogP contribution in [0.25, 0.3) is 6.08 Å². The van der Waals surface area contributed by atoms with Gasteiger partial charge in [0.1, 0.15) is 35.9 Å². The highest BCUT2D eigenvalue weighted by molar-refractivity contribution is 5.96. The number of benzene rings is 2. The summed E-state index contributed by atoms with van der Waals surface area (Å²) in [7, 11) is 0. The Bertz CT molecular complexity index is 1790. The van der Waals surface area contributed by atoms with Crippen LogP contribution in [0.5, 0.6) is 0 Å². The standard InChI is InChI=1S/C40H45N3O9/c44-16-14-41-36(45)28-9-4-15-42(28)38(47)40-21-31-32-33(51-39(50-32)19-26-7-1-2-8-27(26)20-39)35(40)52-43(34(40)37(46)49-31)22-25-6-3-5-23(17-25)10-11-24-12-13-29-30(18-24)48-29/h1-3,5-8,10-11,17,24,28-35,44H,4,9,12-16,18-22H2,(H,41,45)/t24?,28-,29?,30?,31-,32+,33+,34+,35-,40+/m1/s1. The van der Waals surface area contributed by atoms with Gasteiger partial charge in [0.2, 0.25) is 11.8 Å². The van der Waals surface area contributed by atoms with Crippen LogP contribution in [0.3, 0.4) is 0 Å². The van der Waals surface area contributed by atoms with E-state index in [0.29, 0.717) is 50.4 Å². The number of hydrogen-bond donors (Lipinski definition) is 2. The number of aliphatic hydroxyl groups is 1. The maximum atomic E-state index is 15.2. The Hall–Kier alpha value is -3.65. The minimum absolute atomic E-state index is 0.1000. The third-order valence-corrected chi connectivity index (χ3v) is 12.8. The molecule has 3 unspecified atom stereocenters. The van der Waals surface area contributed by atoms with E-state index in [1.165, 1.54) is 0 Å². The number of hydrogen-bond acceptors (Lipinski definition) is 10. The maximum absolute atomic E-state index is 15.2. The number of rotatable bonds is 8. The van der Waals surface area contributed by atoms with Gasteiger partial charge in [-0.1, -0.05) is 60.7 Å². The van der Waals surface area contributed by atoms with Gasteiger partial charge in [0.15, 0.2) is 11.8 Å². The van der Waals surface area contributed by atoms with Gasteiger partial charge >= 0.3 is 5.97 Å². The molecule has 2 aromatic carbocycles.